The van der Waals surface area contributed by atoms with Crippen LogP contribution >= 0.6 is 0 Å². The van der Waals surface area contributed by atoms with Gasteiger partial charge in [0.15, 0.2) is 21.3 Å². The first-order chi connectivity index (χ1) is 9.95. The van der Waals surface area contributed by atoms with E-state index in [9.17, 15) is 8.42 Å². The van der Waals surface area contributed by atoms with Gasteiger partial charge in [-0.1, -0.05) is 0 Å². The number of imidazole rings is 1. The minimum atomic E-state index is -3.00. The third kappa shape index (κ3) is 2.29. The third-order valence-corrected chi connectivity index (χ3v) is 5.55. The molecule has 3 rings (SSSR count). The van der Waals surface area contributed by atoms with E-state index in [1.165, 1.54) is 0 Å². The summed E-state index contributed by atoms with van der Waals surface area (Å²) in [6.45, 7) is 0. The van der Waals surface area contributed by atoms with E-state index in [0.717, 1.165) is 5.52 Å². The highest BCUT2D eigenvalue weighted by atomic mass is 32.2. The molecule has 2 N–H and O–H groups in total. The Kier molecular flexibility index (Phi) is 3.20. The van der Waals surface area contributed by atoms with Crippen LogP contribution in [0.25, 0.3) is 11.0 Å². The van der Waals surface area contributed by atoms with Gasteiger partial charge in [0, 0.05) is 12.1 Å². The molecule has 0 saturated carbocycles. The number of fused-ring (bicyclic) bond motifs is 1. The molecule has 8 heteroatoms. The number of sulfone groups is 1. The van der Waals surface area contributed by atoms with Crippen LogP contribution in [0.3, 0.4) is 0 Å². The van der Waals surface area contributed by atoms with Crippen molar-refractivity contribution in [2.75, 3.05) is 31.5 Å². The van der Waals surface area contributed by atoms with Gasteiger partial charge in [0.25, 0.3) is 0 Å². The van der Waals surface area contributed by atoms with E-state index < -0.39 is 9.84 Å². The van der Waals surface area contributed by atoms with E-state index in [0.29, 0.717) is 29.4 Å². The van der Waals surface area contributed by atoms with Gasteiger partial charge >= 0.3 is 0 Å². The number of ether oxygens (including phenoxy) is 2. The van der Waals surface area contributed by atoms with Gasteiger partial charge in [-0.2, -0.15) is 0 Å². The predicted octanol–water partition coefficient (Wildman–Crippen LogP) is 0.995. The minimum absolute atomic E-state index is 0.0943. The number of hydrogen-bond donors (Lipinski definition) is 1. The standard InChI is InChI=1S/C13H17N3O4S/c1-19-11-5-9-10(6-12(11)20-2)16(13(14)15-9)8-3-4-21(17,18)7-8/h5-6,8H,3-4,7H2,1-2H3,(H2,14,15). The van der Waals surface area contributed by atoms with Crippen LogP contribution in [0, 0.1) is 0 Å². The SMILES string of the molecule is COc1cc2nc(N)n(C3CCS(=O)(=O)C3)c2cc1OC. The number of hydrogen-bond acceptors (Lipinski definition) is 6. The van der Waals surface area contributed by atoms with Gasteiger partial charge < -0.3 is 19.8 Å². The number of benzene rings is 1. The van der Waals surface area contributed by atoms with Gasteiger partial charge in [0.05, 0.1) is 42.8 Å². The van der Waals surface area contributed by atoms with Crippen molar-refractivity contribution < 1.29 is 17.9 Å². The largest absolute Gasteiger partial charge is 0.493 e. The molecule has 1 unspecified atom stereocenters. The Hall–Kier alpha value is -1.96. The molecule has 1 fully saturated rings. The number of nitrogens with zero attached hydrogens (tertiary/aromatic N) is 2. The zero-order valence-corrected chi connectivity index (χ0v) is 12.7. The summed E-state index contributed by atoms with van der Waals surface area (Å²) in [5.74, 6) is 1.71. The van der Waals surface area contributed by atoms with Crippen LogP contribution in [0.4, 0.5) is 5.95 Å². The Morgan fingerprint density at radius 1 is 1.29 bits per heavy atom. The van der Waals surface area contributed by atoms with E-state index in [4.69, 9.17) is 15.2 Å². The second-order valence-corrected chi connectivity index (χ2v) is 7.32. The lowest BCUT2D eigenvalue weighted by molar-refractivity contribution is 0.355. The van der Waals surface area contributed by atoms with Crippen molar-refractivity contribution >= 4 is 26.8 Å². The van der Waals surface area contributed by atoms with Crippen molar-refractivity contribution in [3.05, 3.63) is 12.1 Å². The van der Waals surface area contributed by atoms with E-state index in [2.05, 4.69) is 4.98 Å². The molecular weight excluding hydrogens is 294 g/mol. The quantitative estimate of drug-likeness (QED) is 0.908. The maximum absolute atomic E-state index is 11.7. The van der Waals surface area contributed by atoms with Crippen molar-refractivity contribution in [2.24, 2.45) is 0 Å². The lowest BCUT2D eigenvalue weighted by Gasteiger charge is -2.14. The molecule has 2 heterocycles. The summed E-state index contributed by atoms with van der Waals surface area (Å²) in [5.41, 5.74) is 7.40. The van der Waals surface area contributed by atoms with Crippen molar-refractivity contribution in [1.29, 1.82) is 0 Å². The highest BCUT2D eigenvalue weighted by Gasteiger charge is 2.31. The minimum Gasteiger partial charge on any atom is -0.493 e. The number of methoxy groups -OCH3 is 2. The summed E-state index contributed by atoms with van der Waals surface area (Å²) < 4.78 is 35.7. The van der Waals surface area contributed by atoms with E-state index in [1.807, 2.05) is 0 Å². The van der Waals surface area contributed by atoms with Gasteiger partial charge in [-0.25, -0.2) is 13.4 Å². The fraction of sp³-hybridized carbons (Fsp3) is 0.462. The normalized spacial score (nSPS) is 20.8. The predicted molar refractivity (Wildman–Crippen MR) is 79.6 cm³/mol. The third-order valence-electron chi connectivity index (χ3n) is 3.80. The first kappa shape index (κ1) is 14.0. The first-order valence-electron chi connectivity index (χ1n) is 6.55. The topological polar surface area (TPSA) is 96.4 Å². The molecule has 0 bridgehead atoms. The number of nitrogen functional groups attached to an aromatic ring is 1. The van der Waals surface area contributed by atoms with Crippen LogP contribution in [0.2, 0.25) is 0 Å². The molecule has 2 aromatic rings. The van der Waals surface area contributed by atoms with Crippen LogP contribution in [-0.4, -0.2) is 43.7 Å². The van der Waals surface area contributed by atoms with Crippen LogP contribution in [-0.2, 0) is 9.84 Å². The number of nitrogens with two attached hydrogens (primary N) is 1. The van der Waals surface area contributed by atoms with Crippen molar-refractivity contribution in [1.82, 2.24) is 9.55 Å². The number of anilines is 1. The summed E-state index contributed by atoms with van der Waals surface area (Å²) >= 11 is 0. The lowest BCUT2D eigenvalue weighted by atomic mass is 10.2. The van der Waals surface area contributed by atoms with E-state index >= 15 is 0 Å². The Morgan fingerprint density at radius 3 is 2.52 bits per heavy atom. The average molecular weight is 311 g/mol. The molecule has 0 aliphatic carbocycles. The Balaban J connectivity index is 2.17. The molecule has 1 aliphatic rings. The fourth-order valence-electron chi connectivity index (χ4n) is 2.80. The average Bonchev–Trinajstić information content (AvgIpc) is 2.95. The second-order valence-electron chi connectivity index (χ2n) is 5.09. The van der Waals surface area contributed by atoms with Crippen molar-refractivity contribution in [3.8, 4) is 11.5 Å². The zero-order valence-electron chi connectivity index (χ0n) is 11.9. The van der Waals surface area contributed by atoms with Crippen molar-refractivity contribution in [3.63, 3.8) is 0 Å². The highest BCUT2D eigenvalue weighted by molar-refractivity contribution is 7.91. The van der Waals surface area contributed by atoms with Crippen molar-refractivity contribution in [2.45, 2.75) is 12.5 Å². The summed E-state index contributed by atoms with van der Waals surface area (Å²) in [5, 5.41) is 0. The molecule has 7 nitrogen and oxygen atoms in total. The summed E-state index contributed by atoms with van der Waals surface area (Å²) in [6, 6.07) is 3.34. The van der Waals surface area contributed by atoms with Crippen LogP contribution in [0.15, 0.2) is 12.1 Å². The molecule has 0 amide bonds. The Bertz CT molecular complexity index is 797. The molecule has 21 heavy (non-hydrogen) atoms. The number of aromatic nitrogens is 2. The van der Waals surface area contributed by atoms with Gasteiger partial charge in [-0.15, -0.1) is 0 Å². The maximum Gasteiger partial charge on any atom is 0.201 e. The van der Waals surface area contributed by atoms with Gasteiger partial charge in [0.1, 0.15) is 0 Å². The molecule has 0 spiro atoms. The molecule has 1 aromatic heterocycles. The summed E-state index contributed by atoms with van der Waals surface area (Å²) in [6.07, 6.45) is 0.548. The van der Waals surface area contributed by atoms with E-state index in [1.54, 1.807) is 30.9 Å². The molecule has 1 aromatic carbocycles. The maximum atomic E-state index is 11.7. The monoisotopic (exact) mass is 311 g/mol. The molecule has 1 saturated heterocycles. The van der Waals surface area contributed by atoms with Gasteiger partial charge in [-0.3, -0.25) is 0 Å². The zero-order chi connectivity index (χ0) is 15.2. The summed E-state index contributed by atoms with van der Waals surface area (Å²) in [4.78, 5) is 4.30. The molecule has 0 radical (unpaired) electrons. The number of rotatable bonds is 3. The molecule has 1 atom stereocenters. The first-order valence-corrected chi connectivity index (χ1v) is 8.37. The van der Waals surface area contributed by atoms with Gasteiger partial charge in [-0.05, 0) is 6.42 Å². The van der Waals surface area contributed by atoms with Crippen LogP contribution in [0.5, 0.6) is 11.5 Å². The Morgan fingerprint density at radius 2 is 1.95 bits per heavy atom. The smallest absolute Gasteiger partial charge is 0.201 e. The van der Waals surface area contributed by atoms with Crippen LogP contribution < -0.4 is 15.2 Å². The molecule has 114 valence electrons. The lowest BCUT2D eigenvalue weighted by Crippen LogP contribution is -2.13. The second kappa shape index (κ2) is 4.80. The highest BCUT2D eigenvalue weighted by Crippen LogP contribution is 2.36. The molecule has 1 aliphatic heterocycles. The van der Waals surface area contributed by atoms with E-state index in [-0.39, 0.29) is 17.5 Å². The van der Waals surface area contributed by atoms with Crippen LogP contribution in [0.1, 0.15) is 12.5 Å². The summed E-state index contributed by atoms with van der Waals surface area (Å²) in [7, 11) is 0.103. The molecular formula is C13H17N3O4S. The fourth-order valence-corrected chi connectivity index (χ4v) is 4.50. The Labute approximate surface area is 122 Å². The van der Waals surface area contributed by atoms with Gasteiger partial charge in [0.2, 0.25) is 5.95 Å².